The van der Waals surface area contributed by atoms with Crippen LogP contribution in [0, 0.1) is 6.92 Å². The molecule has 0 bridgehead atoms. The number of aliphatic imine (C=N–C) groups is 1. The number of para-hydroxylation sites is 3. The first kappa shape index (κ1) is 17.7. The number of benzene rings is 3. The van der Waals surface area contributed by atoms with E-state index in [0.717, 1.165) is 33.9 Å². The molecule has 0 fully saturated rings. The molecule has 1 unspecified atom stereocenters. The summed E-state index contributed by atoms with van der Waals surface area (Å²) >= 11 is 0. The van der Waals surface area contributed by atoms with Crippen molar-refractivity contribution in [2.75, 3.05) is 10.2 Å². The molecular formula is C25H19N5O. The van der Waals surface area contributed by atoms with Crippen molar-refractivity contribution in [3.8, 4) is 5.69 Å². The smallest absolute Gasteiger partial charge is 0.291 e. The number of nitrogens with one attached hydrogen (secondary N) is 1. The highest BCUT2D eigenvalue weighted by molar-refractivity contribution is 6.50. The zero-order valence-corrected chi connectivity index (χ0v) is 16.9. The predicted molar refractivity (Wildman–Crippen MR) is 121 cm³/mol. The van der Waals surface area contributed by atoms with E-state index in [1.165, 1.54) is 0 Å². The maximum atomic E-state index is 13.1. The van der Waals surface area contributed by atoms with Crippen molar-refractivity contribution in [3.05, 3.63) is 102 Å². The van der Waals surface area contributed by atoms with Crippen LogP contribution >= 0.6 is 0 Å². The van der Waals surface area contributed by atoms with Crippen LogP contribution < -0.4 is 10.2 Å². The van der Waals surface area contributed by atoms with E-state index >= 15 is 0 Å². The van der Waals surface area contributed by atoms with Crippen LogP contribution in [0.4, 0.5) is 17.2 Å². The lowest BCUT2D eigenvalue weighted by atomic mass is 9.93. The first-order valence-corrected chi connectivity index (χ1v) is 10.2. The molecule has 6 nitrogen and oxygen atoms in total. The Morgan fingerprint density at radius 1 is 0.871 bits per heavy atom. The number of amidine groups is 1. The van der Waals surface area contributed by atoms with Gasteiger partial charge in [0.05, 0.1) is 28.8 Å². The van der Waals surface area contributed by atoms with E-state index in [9.17, 15) is 4.79 Å². The van der Waals surface area contributed by atoms with Crippen LogP contribution in [0.1, 0.15) is 22.9 Å². The van der Waals surface area contributed by atoms with Crippen molar-refractivity contribution >= 4 is 28.9 Å². The SMILES string of the molecule is Cc1nn(-c2ccccc2)c2c1C(c1ccccc1)N1C(=N2)C(=O)Nc2ccccc21. The van der Waals surface area contributed by atoms with Gasteiger partial charge < -0.3 is 10.2 Å². The molecule has 2 aliphatic heterocycles. The molecule has 6 rings (SSSR count). The van der Waals surface area contributed by atoms with Gasteiger partial charge in [-0.25, -0.2) is 9.67 Å². The van der Waals surface area contributed by atoms with E-state index < -0.39 is 0 Å². The van der Waals surface area contributed by atoms with Crippen molar-refractivity contribution in [3.63, 3.8) is 0 Å². The second kappa shape index (κ2) is 6.67. The number of aryl methyl sites for hydroxylation is 1. The van der Waals surface area contributed by atoms with E-state index in [4.69, 9.17) is 10.1 Å². The topological polar surface area (TPSA) is 62.5 Å². The highest BCUT2D eigenvalue weighted by Crippen LogP contribution is 2.47. The Kier molecular flexibility index (Phi) is 3.80. The Bertz CT molecular complexity index is 1340. The second-order valence-electron chi connectivity index (χ2n) is 7.66. The largest absolute Gasteiger partial charge is 0.317 e. The minimum atomic E-state index is -0.219. The highest BCUT2D eigenvalue weighted by atomic mass is 16.2. The Labute approximate surface area is 179 Å². The average molecular weight is 405 g/mol. The molecule has 1 amide bonds. The lowest BCUT2D eigenvalue weighted by Gasteiger charge is -2.40. The molecule has 31 heavy (non-hydrogen) atoms. The van der Waals surface area contributed by atoms with Gasteiger partial charge in [0.2, 0.25) is 5.84 Å². The lowest BCUT2D eigenvalue weighted by molar-refractivity contribution is -0.110. The van der Waals surface area contributed by atoms with Gasteiger partial charge in [-0.2, -0.15) is 5.10 Å². The number of amides is 1. The number of nitrogens with zero attached hydrogens (tertiary/aromatic N) is 4. The Morgan fingerprint density at radius 3 is 2.32 bits per heavy atom. The van der Waals surface area contributed by atoms with Gasteiger partial charge in [0.15, 0.2) is 5.82 Å². The van der Waals surface area contributed by atoms with Gasteiger partial charge in [-0.05, 0) is 36.8 Å². The molecule has 1 atom stereocenters. The summed E-state index contributed by atoms with van der Waals surface area (Å²) in [5.74, 6) is 0.846. The Hall–Kier alpha value is -4.19. The molecule has 2 aliphatic rings. The molecule has 0 spiro atoms. The molecule has 6 heteroatoms. The number of hydrogen-bond acceptors (Lipinski definition) is 4. The van der Waals surface area contributed by atoms with Gasteiger partial charge in [0.25, 0.3) is 5.91 Å². The number of hydrogen-bond donors (Lipinski definition) is 1. The van der Waals surface area contributed by atoms with Gasteiger partial charge in [-0.3, -0.25) is 4.79 Å². The number of carbonyl (C=O) groups excluding carboxylic acids is 1. The lowest BCUT2D eigenvalue weighted by Crippen LogP contribution is -2.48. The first-order chi connectivity index (χ1) is 15.2. The van der Waals surface area contributed by atoms with Gasteiger partial charge in [0.1, 0.15) is 0 Å². The monoisotopic (exact) mass is 405 g/mol. The van der Waals surface area contributed by atoms with Crippen molar-refractivity contribution in [2.45, 2.75) is 13.0 Å². The van der Waals surface area contributed by atoms with Gasteiger partial charge in [-0.1, -0.05) is 60.7 Å². The third kappa shape index (κ3) is 2.61. The fourth-order valence-electron chi connectivity index (χ4n) is 4.44. The summed E-state index contributed by atoms with van der Waals surface area (Å²) in [7, 11) is 0. The fourth-order valence-corrected chi connectivity index (χ4v) is 4.44. The van der Waals surface area contributed by atoms with E-state index in [1.807, 2.05) is 89.3 Å². The van der Waals surface area contributed by atoms with Crippen LogP contribution in [0.3, 0.4) is 0 Å². The molecule has 0 saturated carbocycles. The number of carbonyl (C=O) groups is 1. The van der Waals surface area contributed by atoms with E-state index in [0.29, 0.717) is 11.7 Å². The Balaban J connectivity index is 1.67. The molecule has 0 radical (unpaired) electrons. The van der Waals surface area contributed by atoms with Crippen molar-refractivity contribution < 1.29 is 4.79 Å². The van der Waals surface area contributed by atoms with Crippen molar-refractivity contribution in [2.24, 2.45) is 4.99 Å². The minimum absolute atomic E-state index is 0.214. The zero-order chi connectivity index (χ0) is 20.9. The number of aromatic nitrogens is 2. The molecule has 3 aromatic carbocycles. The van der Waals surface area contributed by atoms with Crippen LogP contribution in [-0.4, -0.2) is 21.5 Å². The van der Waals surface area contributed by atoms with E-state index in [-0.39, 0.29) is 11.9 Å². The van der Waals surface area contributed by atoms with Crippen LogP contribution in [0.5, 0.6) is 0 Å². The molecule has 0 saturated heterocycles. The fraction of sp³-hybridized carbons (Fsp3) is 0.0800. The van der Waals surface area contributed by atoms with Gasteiger partial charge >= 0.3 is 0 Å². The summed E-state index contributed by atoms with van der Waals surface area (Å²) in [5.41, 5.74) is 5.59. The molecular weight excluding hydrogens is 386 g/mol. The third-order valence-corrected chi connectivity index (χ3v) is 5.78. The summed E-state index contributed by atoms with van der Waals surface area (Å²) in [6, 6.07) is 27.7. The summed E-state index contributed by atoms with van der Waals surface area (Å²) < 4.78 is 1.83. The molecule has 150 valence electrons. The normalized spacial score (nSPS) is 16.7. The first-order valence-electron chi connectivity index (χ1n) is 10.2. The molecule has 3 heterocycles. The average Bonchev–Trinajstić information content (AvgIpc) is 3.15. The standard InChI is InChI=1S/C25H19N5O/c1-16-21-22(17-10-4-2-5-11-17)29-20-15-9-8-14-19(20)26-25(31)24(29)27-23(21)30(28-16)18-12-6-3-7-13-18/h2-15,22H,1H3,(H,26,31). The quantitative estimate of drug-likeness (QED) is 0.522. The summed E-state index contributed by atoms with van der Waals surface area (Å²) in [5, 5.41) is 7.82. The number of fused-ring (bicyclic) bond motifs is 4. The molecule has 1 N–H and O–H groups in total. The van der Waals surface area contributed by atoms with Gasteiger partial charge in [-0.15, -0.1) is 0 Å². The van der Waals surface area contributed by atoms with Gasteiger partial charge in [0, 0.05) is 5.56 Å². The van der Waals surface area contributed by atoms with E-state index in [2.05, 4.69) is 17.4 Å². The molecule has 1 aromatic heterocycles. The van der Waals surface area contributed by atoms with Crippen LogP contribution in [-0.2, 0) is 4.79 Å². The maximum absolute atomic E-state index is 13.1. The van der Waals surface area contributed by atoms with Crippen molar-refractivity contribution in [1.82, 2.24) is 9.78 Å². The summed E-state index contributed by atoms with van der Waals surface area (Å²) in [6.07, 6.45) is 0. The minimum Gasteiger partial charge on any atom is -0.317 e. The highest BCUT2D eigenvalue weighted by Gasteiger charge is 2.42. The number of rotatable bonds is 2. The van der Waals surface area contributed by atoms with Crippen molar-refractivity contribution in [1.29, 1.82) is 0 Å². The molecule has 0 aliphatic carbocycles. The summed E-state index contributed by atoms with van der Waals surface area (Å²) in [6.45, 7) is 2.00. The van der Waals surface area contributed by atoms with Crippen LogP contribution in [0.15, 0.2) is 89.9 Å². The zero-order valence-electron chi connectivity index (χ0n) is 16.9. The maximum Gasteiger partial charge on any atom is 0.291 e. The van der Waals surface area contributed by atoms with Crippen LogP contribution in [0.25, 0.3) is 5.69 Å². The predicted octanol–water partition coefficient (Wildman–Crippen LogP) is 4.77. The second-order valence-corrected chi connectivity index (χ2v) is 7.66. The molecule has 4 aromatic rings. The Morgan fingerprint density at radius 2 is 1.55 bits per heavy atom. The van der Waals surface area contributed by atoms with Crippen LogP contribution in [0.2, 0.25) is 0 Å². The summed E-state index contributed by atoms with van der Waals surface area (Å²) in [4.78, 5) is 20.0. The third-order valence-electron chi connectivity index (χ3n) is 5.78. The van der Waals surface area contributed by atoms with E-state index in [1.54, 1.807) is 0 Å². The number of anilines is 2.